The number of nitrogens with one attached hydrogen (secondary N) is 1. The number of thiophene rings is 1. The van der Waals surface area contributed by atoms with Gasteiger partial charge in [0.25, 0.3) is 5.91 Å². The summed E-state index contributed by atoms with van der Waals surface area (Å²) < 4.78 is 0. The van der Waals surface area contributed by atoms with E-state index >= 15 is 0 Å². The van der Waals surface area contributed by atoms with E-state index in [1.807, 2.05) is 6.92 Å². The van der Waals surface area contributed by atoms with Crippen molar-refractivity contribution in [2.75, 3.05) is 5.32 Å². The van der Waals surface area contributed by atoms with Crippen molar-refractivity contribution in [1.29, 1.82) is 0 Å². The van der Waals surface area contributed by atoms with Gasteiger partial charge >= 0.3 is 5.97 Å². The highest BCUT2D eigenvalue weighted by atomic mass is 32.1. The van der Waals surface area contributed by atoms with Crippen molar-refractivity contribution in [1.82, 2.24) is 4.98 Å². The average molecular weight is 294 g/mol. The number of aromatic nitrogens is 1. The van der Waals surface area contributed by atoms with Crippen molar-refractivity contribution in [3.63, 3.8) is 0 Å². The first-order valence-corrected chi connectivity index (χ1v) is 6.92. The number of hydrogen-bond donors (Lipinski definition) is 2. The molecule has 1 amide bonds. The number of carbonyl (C=O) groups excluding carboxylic acids is 1. The van der Waals surface area contributed by atoms with E-state index in [-0.39, 0.29) is 5.91 Å². The Kier molecular flexibility index (Phi) is 4.08. The number of thiazole rings is 1. The zero-order valence-electron chi connectivity index (χ0n) is 9.91. The van der Waals surface area contributed by atoms with Crippen LogP contribution < -0.4 is 5.32 Å². The van der Waals surface area contributed by atoms with E-state index in [1.54, 1.807) is 18.3 Å². The van der Waals surface area contributed by atoms with Crippen LogP contribution in [0.1, 0.15) is 19.4 Å². The number of hydrogen-bond acceptors (Lipinski definition) is 5. The summed E-state index contributed by atoms with van der Waals surface area (Å²) in [7, 11) is 0. The molecule has 98 valence electrons. The highest BCUT2D eigenvalue weighted by Gasteiger charge is 2.10. The predicted octanol–water partition coefficient (Wildman–Crippen LogP) is 2.86. The lowest BCUT2D eigenvalue weighted by Crippen LogP contribution is -2.09. The summed E-state index contributed by atoms with van der Waals surface area (Å²) in [4.78, 5) is 28.6. The number of rotatable bonds is 4. The normalized spacial score (nSPS) is 10.8. The molecule has 0 fully saturated rings. The van der Waals surface area contributed by atoms with Gasteiger partial charge in [0.2, 0.25) is 0 Å². The zero-order chi connectivity index (χ0) is 13.8. The van der Waals surface area contributed by atoms with Crippen molar-refractivity contribution < 1.29 is 14.7 Å². The molecule has 0 bridgehead atoms. The molecule has 0 aromatic carbocycles. The maximum atomic E-state index is 11.9. The van der Waals surface area contributed by atoms with Crippen molar-refractivity contribution in [2.45, 2.75) is 6.92 Å². The molecular formula is C12H10N2O3S2. The van der Waals surface area contributed by atoms with Crippen LogP contribution in [0.5, 0.6) is 0 Å². The summed E-state index contributed by atoms with van der Waals surface area (Å²) in [5, 5.41) is 11.8. The number of nitrogens with zero attached hydrogens (tertiary/aromatic N) is 1. The van der Waals surface area contributed by atoms with Crippen LogP contribution in [0.2, 0.25) is 0 Å². The monoisotopic (exact) mass is 294 g/mol. The summed E-state index contributed by atoms with van der Waals surface area (Å²) in [6, 6.07) is 3.36. The minimum atomic E-state index is -1.02. The van der Waals surface area contributed by atoms with Crippen LogP contribution >= 0.6 is 22.7 Å². The average Bonchev–Trinajstić information content (AvgIpc) is 2.95. The number of carbonyl (C=O) groups is 2. The van der Waals surface area contributed by atoms with Gasteiger partial charge in [0, 0.05) is 22.0 Å². The summed E-state index contributed by atoms with van der Waals surface area (Å²) >= 11 is 2.63. The van der Waals surface area contributed by atoms with Gasteiger partial charge in [0.1, 0.15) is 0 Å². The van der Waals surface area contributed by atoms with Crippen LogP contribution in [0, 0.1) is 6.92 Å². The van der Waals surface area contributed by atoms with Crippen molar-refractivity contribution in [3.8, 4) is 0 Å². The van der Waals surface area contributed by atoms with Gasteiger partial charge in [-0.15, -0.1) is 22.7 Å². The van der Waals surface area contributed by atoms with Crippen LogP contribution in [0.15, 0.2) is 24.4 Å². The first kappa shape index (κ1) is 13.4. The maximum Gasteiger partial charge on any atom is 0.328 e. The number of aliphatic carboxylic acids is 1. The maximum absolute atomic E-state index is 11.9. The smallest absolute Gasteiger partial charge is 0.328 e. The molecule has 0 aliphatic heterocycles. The lowest BCUT2D eigenvalue weighted by molar-refractivity contribution is -0.131. The Hall–Kier alpha value is -1.99. The van der Waals surface area contributed by atoms with Crippen molar-refractivity contribution >= 4 is 45.8 Å². The Morgan fingerprint density at radius 3 is 2.79 bits per heavy atom. The molecule has 19 heavy (non-hydrogen) atoms. The van der Waals surface area contributed by atoms with Gasteiger partial charge in [-0.05, 0) is 25.1 Å². The van der Waals surface area contributed by atoms with Crippen molar-refractivity contribution in [3.05, 3.63) is 39.0 Å². The Balaban J connectivity index is 2.06. The van der Waals surface area contributed by atoms with Gasteiger partial charge in [-0.1, -0.05) is 0 Å². The molecule has 0 aliphatic carbocycles. The third kappa shape index (κ3) is 3.73. The largest absolute Gasteiger partial charge is 0.478 e. The first-order valence-electron chi connectivity index (χ1n) is 5.29. The molecule has 0 saturated carbocycles. The van der Waals surface area contributed by atoms with Crippen LogP contribution in [0.25, 0.3) is 6.08 Å². The number of carboxylic acids is 1. The van der Waals surface area contributed by atoms with Gasteiger partial charge in [-0.2, -0.15) is 0 Å². The minimum Gasteiger partial charge on any atom is -0.478 e. The number of anilines is 1. The van der Waals surface area contributed by atoms with Gasteiger partial charge in [-0.3, -0.25) is 10.1 Å². The number of carboxylic acid groups (broad SMARTS) is 1. The fourth-order valence-electron chi connectivity index (χ4n) is 1.29. The van der Waals surface area contributed by atoms with Gasteiger partial charge in [0.15, 0.2) is 5.13 Å². The Morgan fingerprint density at radius 1 is 1.37 bits per heavy atom. The molecule has 5 nitrogen and oxygen atoms in total. The SMILES string of the molecule is Cc1cnc(NC(=O)c2ccc(/C=C/C(=O)O)s2)s1. The fraction of sp³-hybridized carbons (Fsp3) is 0.0833. The highest BCUT2D eigenvalue weighted by molar-refractivity contribution is 7.16. The molecule has 0 unspecified atom stereocenters. The first-order chi connectivity index (χ1) is 9.04. The van der Waals surface area contributed by atoms with Crippen LogP contribution in [0.3, 0.4) is 0 Å². The molecular weight excluding hydrogens is 284 g/mol. The molecule has 2 aromatic heterocycles. The quantitative estimate of drug-likeness (QED) is 0.850. The Labute approximate surface area is 117 Å². The predicted molar refractivity (Wildman–Crippen MR) is 75.8 cm³/mol. The second-order valence-electron chi connectivity index (χ2n) is 3.60. The van der Waals surface area contributed by atoms with Crippen LogP contribution in [-0.2, 0) is 4.79 Å². The third-order valence-corrected chi connectivity index (χ3v) is 3.96. The van der Waals surface area contributed by atoms with E-state index in [4.69, 9.17) is 5.11 Å². The van der Waals surface area contributed by atoms with Gasteiger partial charge in [0.05, 0.1) is 4.88 Å². The van der Waals surface area contributed by atoms with E-state index in [9.17, 15) is 9.59 Å². The number of aryl methyl sites for hydroxylation is 1. The van der Waals surface area contributed by atoms with E-state index in [1.165, 1.54) is 28.7 Å². The summed E-state index contributed by atoms with van der Waals surface area (Å²) in [6.07, 6.45) is 4.19. The third-order valence-electron chi connectivity index (χ3n) is 2.08. The fourth-order valence-corrected chi connectivity index (χ4v) is 2.75. The lowest BCUT2D eigenvalue weighted by Gasteiger charge is -1.97. The van der Waals surface area contributed by atoms with Crippen LogP contribution in [0.4, 0.5) is 5.13 Å². The van der Waals surface area contributed by atoms with Crippen LogP contribution in [-0.4, -0.2) is 22.0 Å². The molecule has 0 saturated heterocycles. The Bertz CT molecular complexity index is 643. The minimum absolute atomic E-state index is 0.241. The summed E-state index contributed by atoms with van der Waals surface area (Å²) in [6.45, 7) is 1.91. The molecule has 0 radical (unpaired) electrons. The lowest BCUT2D eigenvalue weighted by atomic mass is 10.4. The van der Waals surface area contributed by atoms with E-state index < -0.39 is 5.97 Å². The van der Waals surface area contributed by atoms with E-state index in [2.05, 4.69) is 10.3 Å². The highest BCUT2D eigenvalue weighted by Crippen LogP contribution is 2.21. The Morgan fingerprint density at radius 2 is 2.16 bits per heavy atom. The van der Waals surface area contributed by atoms with E-state index in [0.717, 1.165) is 11.0 Å². The summed E-state index contributed by atoms with van der Waals surface area (Å²) in [5.74, 6) is -1.26. The molecule has 0 aliphatic rings. The molecule has 2 heterocycles. The van der Waals surface area contributed by atoms with Gasteiger partial charge < -0.3 is 5.11 Å². The molecule has 2 N–H and O–H groups in total. The van der Waals surface area contributed by atoms with E-state index in [0.29, 0.717) is 14.9 Å². The number of amides is 1. The van der Waals surface area contributed by atoms with Gasteiger partial charge in [-0.25, -0.2) is 9.78 Å². The molecule has 0 spiro atoms. The molecule has 7 heteroatoms. The second-order valence-corrected chi connectivity index (χ2v) is 5.95. The topological polar surface area (TPSA) is 79.3 Å². The van der Waals surface area contributed by atoms with Crippen molar-refractivity contribution in [2.24, 2.45) is 0 Å². The standard InChI is InChI=1S/C12H10N2O3S2/c1-7-6-13-12(18-7)14-11(17)9-4-2-8(19-9)3-5-10(15)16/h2-6H,1H3,(H,15,16)(H,13,14,17)/b5-3+. The molecule has 2 aromatic rings. The molecule has 2 rings (SSSR count). The second kappa shape index (κ2) is 5.77. The zero-order valence-corrected chi connectivity index (χ0v) is 11.5. The molecule has 0 atom stereocenters. The summed E-state index contributed by atoms with van der Waals surface area (Å²) in [5.41, 5.74) is 0.